The lowest BCUT2D eigenvalue weighted by atomic mass is 10.2. The van der Waals surface area contributed by atoms with Crippen molar-refractivity contribution in [3.05, 3.63) is 45.5 Å². The van der Waals surface area contributed by atoms with Gasteiger partial charge in [-0.2, -0.15) is 0 Å². The summed E-state index contributed by atoms with van der Waals surface area (Å²) in [7, 11) is 0. The molecule has 0 radical (unpaired) electrons. The Morgan fingerprint density at radius 3 is 2.48 bits per heavy atom. The van der Waals surface area contributed by atoms with Crippen LogP contribution in [-0.2, 0) is 0 Å². The monoisotopic (exact) mass is 319 g/mol. The first-order chi connectivity index (χ1) is 9.97. The van der Waals surface area contributed by atoms with Crippen LogP contribution in [0.5, 0.6) is 0 Å². The quantitative estimate of drug-likeness (QED) is 0.635. The number of nitrogens with zero attached hydrogens (tertiary/aromatic N) is 3. The third-order valence-electron chi connectivity index (χ3n) is 3.62. The first kappa shape index (κ1) is 14.5. The Morgan fingerprint density at radius 1 is 1.10 bits per heavy atom. The minimum atomic E-state index is -0.150. The lowest BCUT2D eigenvalue weighted by Crippen LogP contribution is -2.11. The van der Waals surface area contributed by atoms with Crippen molar-refractivity contribution in [2.24, 2.45) is 0 Å². The highest BCUT2D eigenvalue weighted by atomic mass is 35.5. The summed E-state index contributed by atoms with van der Waals surface area (Å²) < 4.78 is 2.17. The van der Waals surface area contributed by atoms with Gasteiger partial charge in [0.25, 0.3) is 0 Å². The fourth-order valence-corrected chi connectivity index (χ4v) is 3.63. The van der Waals surface area contributed by atoms with Gasteiger partial charge in [0, 0.05) is 15.4 Å². The van der Waals surface area contributed by atoms with Crippen molar-refractivity contribution in [2.45, 2.75) is 39.1 Å². The highest BCUT2D eigenvalue weighted by Crippen LogP contribution is 2.33. The average molecular weight is 320 g/mol. The third kappa shape index (κ3) is 2.58. The Bertz CT molecular complexity index is 788. The van der Waals surface area contributed by atoms with E-state index in [4.69, 9.17) is 11.6 Å². The molecule has 0 saturated carbocycles. The van der Waals surface area contributed by atoms with Gasteiger partial charge >= 0.3 is 0 Å². The highest BCUT2D eigenvalue weighted by Gasteiger charge is 2.22. The van der Waals surface area contributed by atoms with Crippen LogP contribution in [0.2, 0.25) is 0 Å². The minimum Gasteiger partial charge on any atom is -0.303 e. The molecule has 2 atom stereocenters. The molecule has 0 aliphatic heterocycles. The van der Waals surface area contributed by atoms with Crippen LogP contribution in [0.4, 0.5) is 0 Å². The minimum absolute atomic E-state index is 0.150. The molecule has 0 spiro atoms. The number of aromatic nitrogens is 3. The number of aryl methyl sites for hydroxylation is 2. The number of thiophene rings is 1. The van der Waals surface area contributed by atoms with Gasteiger partial charge in [0.1, 0.15) is 11.3 Å². The molecule has 2 unspecified atom stereocenters. The molecule has 3 rings (SSSR count). The lowest BCUT2D eigenvalue weighted by Gasteiger charge is -2.17. The lowest BCUT2D eigenvalue weighted by molar-refractivity contribution is 0.622. The number of hydrogen-bond acceptors (Lipinski definition) is 3. The molecule has 0 aromatic carbocycles. The van der Waals surface area contributed by atoms with E-state index >= 15 is 0 Å². The van der Waals surface area contributed by atoms with Crippen LogP contribution in [0.1, 0.15) is 46.5 Å². The standard InChI is InChI=1S/C16H18ClN3S/c1-9-5-7-13-16(18-9)20(15(19-13)11(3)17)12(4)14-8-6-10(2)21-14/h5-8,11-12H,1-4H3. The number of fused-ring (bicyclic) bond motifs is 1. The maximum Gasteiger partial charge on any atom is 0.160 e. The number of halogens is 1. The molecule has 0 N–H and O–H groups in total. The predicted molar refractivity (Wildman–Crippen MR) is 89.4 cm³/mol. The summed E-state index contributed by atoms with van der Waals surface area (Å²) in [6, 6.07) is 8.51. The smallest absolute Gasteiger partial charge is 0.160 e. The van der Waals surface area contributed by atoms with E-state index in [1.165, 1.54) is 9.75 Å². The summed E-state index contributed by atoms with van der Waals surface area (Å²) in [6.45, 7) is 8.26. The van der Waals surface area contributed by atoms with Crippen LogP contribution in [0, 0.1) is 13.8 Å². The maximum atomic E-state index is 6.35. The molecule has 0 aliphatic carbocycles. The first-order valence-electron chi connectivity index (χ1n) is 7.03. The summed E-state index contributed by atoms with van der Waals surface area (Å²) in [5.41, 5.74) is 2.81. The molecule has 21 heavy (non-hydrogen) atoms. The summed E-state index contributed by atoms with van der Waals surface area (Å²) in [6.07, 6.45) is 0. The molecule has 3 aromatic rings. The molecule has 110 valence electrons. The molecular weight excluding hydrogens is 302 g/mol. The van der Waals surface area contributed by atoms with Gasteiger partial charge < -0.3 is 4.57 Å². The Balaban J connectivity index is 2.23. The zero-order valence-corrected chi connectivity index (χ0v) is 14.2. The topological polar surface area (TPSA) is 30.7 Å². The molecule has 0 aliphatic rings. The Hall–Kier alpha value is -1.39. The van der Waals surface area contributed by atoms with Crippen LogP contribution in [-0.4, -0.2) is 14.5 Å². The fourth-order valence-electron chi connectivity index (χ4n) is 2.55. The Morgan fingerprint density at radius 2 is 1.86 bits per heavy atom. The third-order valence-corrected chi connectivity index (χ3v) is 4.99. The van der Waals surface area contributed by atoms with Crippen molar-refractivity contribution in [2.75, 3.05) is 0 Å². The van der Waals surface area contributed by atoms with Gasteiger partial charge in [-0.15, -0.1) is 22.9 Å². The highest BCUT2D eigenvalue weighted by molar-refractivity contribution is 7.12. The van der Waals surface area contributed by atoms with Crippen molar-refractivity contribution < 1.29 is 0 Å². The SMILES string of the molecule is Cc1ccc2nc(C(C)Cl)n(C(C)c3ccc(C)s3)c2n1. The molecule has 5 heteroatoms. The van der Waals surface area contributed by atoms with Gasteiger partial charge in [0.05, 0.1) is 11.4 Å². The maximum absolute atomic E-state index is 6.35. The summed E-state index contributed by atoms with van der Waals surface area (Å²) in [5, 5.41) is -0.150. The van der Waals surface area contributed by atoms with Gasteiger partial charge in [0.15, 0.2) is 5.65 Å². The van der Waals surface area contributed by atoms with Crippen LogP contribution in [0.3, 0.4) is 0 Å². The van der Waals surface area contributed by atoms with Crippen LogP contribution >= 0.6 is 22.9 Å². The number of rotatable bonds is 3. The Labute approximate surface area is 133 Å². The van der Waals surface area contributed by atoms with Crippen molar-refractivity contribution in [1.29, 1.82) is 0 Å². The second kappa shape index (κ2) is 5.43. The number of pyridine rings is 1. The van der Waals surface area contributed by atoms with Crippen molar-refractivity contribution >= 4 is 34.1 Å². The Kier molecular flexibility index (Phi) is 3.76. The van der Waals surface area contributed by atoms with Gasteiger partial charge in [-0.05, 0) is 52.0 Å². The van der Waals surface area contributed by atoms with Crippen LogP contribution in [0.15, 0.2) is 24.3 Å². The first-order valence-corrected chi connectivity index (χ1v) is 8.28. The van der Waals surface area contributed by atoms with Gasteiger partial charge in [-0.3, -0.25) is 0 Å². The van der Waals surface area contributed by atoms with Gasteiger partial charge in [-0.1, -0.05) is 0 Å². The van der Waals surface area contributed by atoms with E-state index in [0.29, 0.717) is 0 Å². The van der Waals surface area contributed by atoms with Crippen molar-refractivity contribution in [1.82, 2.24) is 14.5 Å². The van der Waals surface area contributed by atoms with E-state index < -0.39 is 0 Å². The van der Waals surface area contributed by atoms with E-state index in [0.717, 1.165) is 22.7 Å². The van der Waals surface area contributed by atoms with E-state index in [1.54, 1.807) is 0 Å². The zero-order valence-electron chi connectivity index (χ0n) is 12.6. The normalized spacial score (nSPS) is 14.5. The van der Waals surface area contributed by atoms with Crippen LogP contribution in [0.25, 0.3) is 11.2 Å². The molecule has 3 aromatic heterocycles. The molecule has 0 bridgehead atoms. The number of alkyl halides is 1. The number of hydrogen-bond donors (Lipinski definition) is 0. The molecule has 3 heterocycles. The molecule has 0 fully saturated rings. The van der Waals surface area contributed by atoms with E-state index in [2.05, 4.69) is 40.5 Å². The summed E-state index contributed by atoms with van der Waals surface area (Å²) in [5.74, 6) is 0.878. The predicted octanol–water partition coefficient (Wildman–Crippen LogP) is 5.02. The zero-order chi connectivity index (χ0) is 15.1. The molecule has 3 nitrogen and oxygen atoms in total. The van der Waals surface area contributed by atoms with E-state index in [-0.39, 0.29) is 11.4 Å². The second-order valence-electron chi connectivity index (χ2n) is 5.38. The van der Waals surface area contributed by atoms with E-state index in [1.807, 2.05) is 37.3 Å². The van der Waals surface area contributed by atoms with E-state index in [9.17, 15) is 0 Å². The fraction of sp³-hybridized carbons (Fsp3) is 0.375. The van der Waals surface area contributed by atoms with Gasteiger partial charge in [0.2, 0.25) is 0 Å². The number of imidazole rings is 1. The van der Waals surface area contributed by atoms with Crippen molar-refractivity contribution in [3.63, 3.8) is 0 Å². The molecule has 0 saturated heterocycles. The van der Waals surface area contributed by atoms with Crippen molar-refractivity contribution in [3.8, 4) is 0 Å². The largest absolute Gasteiger partial charge is 0.303 e. The second-order valence-corrected chi connectivity index (χ2v) is 7.35. The summed E-state index contributed by atoms with van der Waals surface area (Å²) in [4.78, 5) is 12.0. The van der Waals surface area contributed by atoms with Gasteiger partial charge in [-0.25, -0.2) is 9.97 Å². The van der Waals surface area contributed by atoms with Crippen LogP contribution < -0.4 is 0 Å². The summed E-state index contributed by atoms with van der Waals surface area (Å²) >= 11 is 8.16. The average Bonchev–Trinajstić information content (AvgIpc) is 3.01. The molecule has 0 amide bonds. The molecular formula is C16H18ClN3S.